The second kappa shape index (κ2) is 4.53. The molecule has 2 aromatic heterocycles. The predicted molar refractivity (Wildman–Crippen MR) is 69.8 cm³/mol. The summed E-state index contributed by atoms with van der Waals surface area (Å²) in [6.07, 6.45) is 3.58. The number of rotatable bonds is 2. The Bertz CT molecular complexity index is 699. The first kappa shape index (κ1) is 11.4. The van der Waals surface area contributed by atoms with Gasteiger partial charge in [-0.25, -0.2) is 0 Å². The van der Waals surface area contributed by atoms with E-state index in [-0.39, 0.29) is 5.91 Å². The van der Waals surface area contributed by atoms with E-state index in [1.165, 1.54) is 6.92 Å². The average Bonchev–Trinajstić information content (AvgIpc) is 2.82. The minimum Gasteiger partial charge on any atom is -0.384 e. The van der Waals surface area contributed by atoms with Crippen LogP contribution in [0.4, 0.5) is 5.69 Å². The van der Waals surface area contributed by atoms with Crippen LogP contribution in [0, 0.1) is 0 Å². The first-order valence-electron chi connectivity index (χ1n) is 5.87. The molecule has 1 amide bonds. The molecule has 0 aliphatic rings. The molecular weight excluding hydrogens is 242 g/mol. The van der Waals surface area contributed by atoms with Gasteiger partial charge in [-0.3, -0.25) is 4.79 Å². The van der Waals surface area contributed by atoms with Crippen molar-refractivity contribution in [3.63, 3.8) is 0 Å². The molecular formula is C14H12N3O2+. The third kappa shape index (κ3) is 2.30. The molecule has 0 fully saturated rings. The largest absolute Gasteiger partial charge is 0.509 e. The molecule has 5 nitrogen and oxygen atoms in total. The Morgan fingerprint density at radius 1 is 1.21 bits per heavy atom. The fourth-order valence-electron chi connectivity index (χ4n) is 1.81. The maximum absolute atomic E-state index is 10.9. The molecule has 0 spiro atoms. The summed E-state index contributed by atoms with van der Waals surface area (Å²) >= 11 is 0. The predicted octanol–water partition coefficient (Wildman–Crippen LogP) is 2.06. The van der Waals surface area contributed by atoms with Crippen LogP contribution < -0.4 is 9.88 Å². The van der Waals surface area contributed by atoms with E-state index in [2.05, 4.69) is 10.3 Å². The van der Waals surface area contributed by atoms with E-state index in [1.54, 1.807) is 29.1 Å². The maximum atomic E-state index is 10.9. The summed E-state index contributed by atoms with van der Waals surface area (Å²) in [4.78, 5) is 15.3. The van der Waals surface area contributed by atoms with Gasteiger partial charge in [-0.05, 0) is 12.1 Å². The molecule has 1 aromatic carbocycles. The Labute approximate surface area is 109 Å². The number of carbonyl (C=O) groups is 1. The number of pyridine rings is 1. The second-order valence-corrected chi connectivity index (χ2v) is 4.14. The molecule has 0 unspecified atom stereocenters. The molecule has 0 aliphatic heterocycles. The normalized spacial score (nSPS) is 10.6. The molecule has 0 saturated heterocycles. The number of hydrogen-bond donors (Lipinski definition) is 1. The molecule has 3 aromatic rings. The molecule has 1 N–H and O–H groups in total. The SMILES string of the molecule is CC(=O)Nc1cc[n+](-c2nc3ccccc3o2)cc1. The summed E-state index contributed by atoms with van der Waals surface area (Å²) in [5.41, 5.74) is 2.30. The molecule has 0 saturated carbocycles. The van der Waals surface area contributed by atoms with Crippen molar-refractivity contribution in [1.29, 1.82) is 0 Å². The summed E-state index contributed by atoms with van der Waals surface area (Å²) in [5.74, 6) is -0.0976. The zero-order valence-corrected chi connectivity index (χ0v) is 10.3. The average molecular weight is 254 g/mol. The third-order valence-corrected chi connectivity index (χ3v) is 2.65. The van der Waals surface area contributed by atoms with E-state index < -0.39 is 0 Å². The summed E-state index contributed by atoms with van der Waals surface area (Å²) in [5, 5.41) is 2.71. The van der Waals surface area contributed by atoms with Crippen molar-refractivity contribution in [2.75, 3.05) is 5.32 Å². The van der Waals surface area contributed by atoms with Gasteiger partial charge in [-0.2, -0.15) is 4.57 Å². The summed E-state index contributed by atoms with van der Waals surface area (Å²) in [7, 11) is 0. The molecule has 3 rings (SSSR count). The molecule has 94 valence electrons. The van der Waals surface area contributed by atoms with Crippen molar-refractivity contribution in [2.24, 2.45) is 0 Å². The fraction of sp³-hybridized carbons (Fsp3) is 0.0714. The summed E-state index contributed by atoms with van der Waals surface area (Å²) in [6.45, 7) is 1.47. The van der Waals surface area contributed by atoms with Gasteiger partial charge in [-0.1, -0.05) is 12.1 Å². The van der Waals surface area contributed by atoms with Crippen molar-refractivity contribution >= 4 is 22.7 Å². The van der Waals surface area contributed by atoms with Gasteiger partial charge in [0.1, 0.15) is 12.4 Å². The molecule has 0 bridgehead atoms. The van der Waals surface area contributed by atoms with Crippen LogP contribution >= 0.6 is 0 Å². The molecule has 19 heavy (non-hydrogen) atoms. The van der Waals surface area contributed by atoms with Gasteiger partial charge in [0, 0.05) is 29.7 Å². The van der Waals surface area contributed by atoms with Gasteiger partial charge >= 0.3 is 6.01 Å². The Kier molecular flexibility index (Phi) is 2.72. The Morgan fingerprint density at radius 2 is 1.95 bits per heavy atom. The summed E-state index contributed by atoms with van der Waals surface area (Å²) < 4.78 is 7.39. The van der Waals surface area contributed by atoms with Gasteiger partial charge in [0.2, 0.25) is 11.4 Å². The van der Waals surface area contributed by atoms with Gasteiger partial charge in [0.15, 0.2) is 5.58 Å². The lowest BCUT2D eigenvalue weighted by molar-refractivity contribution is -0.612. The van der Waals surface area contributed by atoms with E-state index in [0.717, 1.165) is 16.8 Å². The van der Waals surface area contributed by atoms with Crippen molar-refractivity contribution in [3.8, 4) is 6.01 Å². The second-order valence-electron chi connectivity index (χ2n) is 4.14. The standard InChI is InChI=1S/C14H11N3O2/c1-10(18)15-11-6-8-17(9-7-11)14-16-12-4-2-3-5-13(12)19-14/h2-9H,1H3/p+1. The number of aromatic nitrogens is 2. The van der Waals surface area contributed by atoms with Crippen LogP contribution in [0.3, 0.4) is 0 Å². The first-order valence-corrected chi connectivity index (χ1v) is 5.87. The number of oxazole rings is 1. The zero-order chi connectivity index (χ0) is 13.2. The highest BCUT2D eigenvalue weighted by atomic mass is 16.4. The van der Waals surface area contributed by atoms with Crippen molar-refractivity contribution in [3.05, 3.63) is 48.8 Å². The molecule has 0 atom stereocenters. The van der Waals surface area contributed by atoms with Crippen molar-refractivity contribution in [1.82, 2.24) is 4.98 Å². The Balaban J connectivity index is 1.95. The molecule has 0 aliphatic carbocycles. The number of carbonyl (C=O) groups excluding carboxylic acids is 1. The van der Waals surface area contributed by atoms with Gasteiger partial charge in [0.25, 0.3) is 0 Å². The quantitative estimate of drug-likeness (QED) is 0.712. The number of fused-ring (bicyclic) bond motifs is 1. The summed E-state index contributed by atoms with van der Waals surface area (Å²) in [6, 6.07) is 11.7. The van der Waals surface area contributed by atoms with E-state index in [9.17, 15) is 4.79 Å². The lowest BCUT2D eigenvalue weighted by Gasteiger charge is -1.99. The van der Waals surface area contributed by atoms with Crippen LogP contribution in [-0.2, 0) is 4.79 Å². The van der Waals surface area contributed by atoms with Crippen LogP contribution in [-0.4, -0.2) is 10.9 Å². The monoisotopic (exact) mass is 254 g/mol. The first-order chi connectivity index (χ1) is 9.22. The Hall–Kier alpha value is -2.69. The van der Waals surface area contributed by atoms with E-state index in [0.29, 0.717) is 6.01 Å². The number of nitrogens with zero attached hydrogens (tertiary/aromatic N) is 2. The number of anilines is 1. The lowest BCUT2D eigenvalue weighted by Crippen LogP contribution is -2.29. The lowest BCUT2D eigenvalue weighted by atomic mass is 10.3. The van der Waals surface area contributed by atoms with Crippen molar-refractivity contribution < 1.29 is 13.8 Å². The minimum absolute atomic E-state index is 0.0976. The number of hydrogen-bond acceptors (Lipinski definition) is 3. The highest BCUT2D eigenvalue weighted by Crippen LogP contribution is 2.14. The van der Waals surface area contributed by atoms with Crippen LogP contribution in [0.2, 0.25) is 0 Å². The highest BCUT2D eigenvalue weighted by molar-refractivity contribution is 5.88. The van der Waals surface area contributed by atoms with E-state index in [4.69, 9.17) is 4.42 Å². The molecule has 0 radical (unpaired) electrons. The Morgan fingerprint density at radius 3 is 2.63 bits per heavy atom. The maximum Gasteiger partial charge on any atom is 0.509 e. The fourth-order valence-corrected chi connectivity index (χ4v) is 1.81. The van der Waals surface area contributed by atoms with Gasteiger partial charge in [-0.15, -0.1) is 0 Å². The molecule has 2 heterocycles. The smallest absolute Gasteiger partial charge is 0.384 e. The van der Waals surface area contributed by atoms with Gasteiger partial charge in [0.05, 0.1) is 0 Å². The van der Waals surface area contributed by atoms with Crippen LogP contribution in [0.15, 0.2) is 53.2 Å². The third-order valence-electron chi connectivity index (χ3n) is 2.65. The van der Waals surface area contributed by atoms with Gasteiger partial charge < -0.3 is 9.73 Å². The zero-order valence-electron chi connectivity index (χ0n) is 10.3. The van der Waals surface area contributed by atoms with Crippen LogP contribution in [0.5, 0.6) is 0 Å². The number of para-hydroxylation sites is 2. The van der Waals surface area contributed by atoms with E-state index >= 15 is 0 Å². The minimum atomic E-state index is -0.0976. The number of nitrogens with one attached hydrogen (secondary N) is 1. The highest BCUT2D eigenvalue weighted by Gasteiger charge is 2.16. The van der Waals surface area contributed by atoms with Crippen molar-refractivity contribution in [2.45, 2.75) is 6.92 Å². The van der Waals surface area contributed by atoms with Crippen LogP contribution in [0.1, 0.15) is 6.92 Å². The van der Waals surface area contributed by atoms with Crippen LogP contribution in [0.25, 0.3) is 17.1 Å². The molecule has 5 heteroatoms. The van der Waals surface area contributed by atoms with E-state index in [1.807, 2.05) is 24.3 Å². The number of amides is 1. The topological polar surface area (TPSA) is 59.0 Å². The number of benzene rings is 1.